The van der Waals surface area contributed by atoms with Crippen molar-refractivity contribution in [3.05, 3.63) is 57.4 Å². The van der Waals surface area contributed by atoms with E-state index < -0.39 is 11.5 Å². The number of amides is 2. The molecule has 3 heterocycles. The van der Waals surface area contributed by atoms with E-state index in [-0.39, 0.29) is 23.5 Å². The highest BCUT2D eigenvalue weighted by Gasteiger charge is 2.32. The van der Waals surface area contributed by atoms with E-state index in [2.05, 4.69) is 15.5 Å². The Labute approximate surface area is 201 Å². The first kappa shape index (κ1) is 23.9. The largest absolute Gasteiger partial charge is 0.444 e. The number of likely N-dealkylation sites (tertiary alicyclic amines) is 1. The molecule has 0 atom stereocenters. The van der Waals surface area contributed by atoms with E-state index in [0.29, 0.717) is 24.5 Å². The van der Waals surface area contributed by atoms with E-state index in [1.165, 1.54) is 23.5 Å². The smallest absolute Gasteiger partial charge is 0.410 e. The molecule has 2 aliphatic heterocycles. The van der Waals surface area contributed by atoms with Gasteiger partial charge < -0.3 is 15.4 Å². The van der Waals surface area contributed by atoms with Gasteiger partial charge in [0.1, 0.15) is 22.1 Å². The summed E-state index contributed by atoms with van der Waals surface area (Å²) in [5, 5.41) is 6.92. The highest BCUT2D eigenvalue weighted by molar-refractivity contribution is 7.11. The highest BCUT2D eigenvalue weighted by Crippen LogP contribution is 2.36. The van der Waals surface area contributed by atoms with Gasteiger partial charge in [0.15, 0.2) is 0 Å². The van der Waals surface area contributed by atoms with Gasteiger partial charge in [-0.05, 0) is 51.3 Å². The number of halogens is 1. The lowest BCUT2D eigenvalue weighted by Crippen LogP contribution is -2.43. The maximum Gasteiger partial charge on any atom is 0.410 e. The Bertz CT molecular complexity index is 1140. The second-order valence-corrected chi connectivity index (χ2v) is 10.2. The Hall–Kier alpha value is -3.27. The molecule has 4 rings (SSSR count). The molecule has 1 fully saturated rings. The maximum absolute atomic E-state index is 13.4. The van der Waals surface area contributed by atoms with Crippen LogP contribution in [0.5, 0.6) is 0 Å². The van der Waals surface area contributed by atoms with Gasteiger partial charge in [-0.3, -0.25) is 10.2 Å². The number of aromatic nitrogens is 1. The van der Waals surface area contributed by atoms with Gasteiger partial charge in [-0.1, -0.05) is 12.1 Å². The Kier molecular flexibility index (Phi) is 6.70. The number of nitrogens with zero attached hydrogens (tertiary/aromatic N) is 3. The number of nitrogens with two attached hydrogens (primary N) is 1. The summed E-state index contributed by atoms with van der Waals surface area (Å²) in [6.07, 6.45) is 1.65. The summed E-state index contributed by atoms with van der Waals surface area (Å²) in [7, 11) is 0. The number of carbonyl (C=O) groups excluding carboxylic acids is 2. The number of allylic oxidation sites excluding steroid dienone is 2. The van der Waals surface area contributed by atoms with Crippen molar-refractivity contribution in [2.75, 3.05) is 13.1 Å². The van der Waals surface area contributed by atoms with Gasteiger partial charge in [-0.25, -0.2) is 14.2 Å². The third-order valence-corrected chi connectivity index (χ3v) is 6.63. The fourth-order valence-corrected chi connectivity index (χ4v) is 4.91. The summed E-state index contributed by atoms with van der Waals surface area (Å²) in [5.41, 5.74) is 11.7. The number of thiazole rings is 1. The molecular weight excluding hydrogens is 457 g/mol. The Morgan fingerprint density at radius 2 is 1.88 bits per heavy atom. The van der Waals surface area contributed by atoms with E-state index in [0.717, 1.165) is 35.4 Å². The summed E-state index contributed by atoms with van der Waals surface area (Å²) in [6.45, 7) is 6.69. The van der Waals surface area contributed by atoms with Crippen LogP contribution in [-0.2, 0) is 4.74 Å². The highest BCUT2D eigenvalue weighted by atomic mass is 32.1. The summed E-state index contributed by atoms with van der Waals surface area (Å²) in [6, 6.07) is 6.18. The first-order valence-corrected chi connectivity index (χ1v) is 12.0. The number of hydrogen-bond donors (Lipinski definition) is 2. The van der Waals surface area contributed by atoms with Crippen LogP contribution in [0, 0.1) is 11.7 Å². The summed E-state index contributed by atoms with van der Waals surface area (Å²) >= 11 is 1.35. The molecule has 0 spiro atoms. The SMILES string of the molecule is CC(C)(C)OC(=O)N1CCC(C2=C(c3nc(C(N)=O)cs3)CC(c3ccc(F)cc3)=NN2)CC1. The molecule has 3 N–H and O–H groups in total. The topological polar surface area (TPSA) is 110 Å². The molecule has 2 aliphatic rings. The fraction of sp³-hybridized carbons (Fsp3) is 0.417. The lowest BCUT2D eigenvalue weighted by molar-refractivity contribution is 0.0193. The number of primary amides is 1. The fourth-order valence-electron chi connectivity index (χ4n) is 4.04. The van der Waals surface area contributed by atoms with Crippen LogP contribution < -0.4 is 11.2 Å². The average molecular weight is 486 g/mol. The van der Waals surface area contributed by atoms with Crippen LogP contribution in [0.3, 0.4) is 0 Å². The molecule has 180 valence electrons. The minimum Gasteiger partial charge on any atom is -0.444 e. The second kappa shape index (κ2) is 9.54. The third kappa shape index (κ3) is 5.44. The van der Waals surface area contributed by atoms with Crippen molar-refractivity contribution in [3.8, 4) is 0 Å². The molecule has 1 saturated heterocycles. The molecular formula is C24H28FN5O3S. The van der Waals surface area contributed by atoms with Crippen LogP contribution in [0.25, 0.3) is 5.57 Å². The van der Waals surface area contributed by atoms with Crippen molar-refractivity contribution < 1.29 is 18.7 Å². The van der Waals surface area contributed by atoms with Crippen LogP contribution in [0.15, 0.2) is 40.4 Å². The van der Waals surface area contributed by atoms with E-state index >= 15 is 0 Å². The van der Waals surface area contributed by atoms with Gasteiger partial charge in [0.25, 0.3) is 5.91 Å². The van der Waals surface area contributed by atoms with Gasteiger partial charge in [0.05, 0.1) is 5.71 Å². The number of nitrogens with one attached hydrogen (secondary N) is 1. The van der Waals surface area contributed by atoms with Crippen LogP contribution >= 0.6 is 11.3 Å². The zero-order chi connectivity index (χ0) is 24.5. The minimum atomic E-state index is -0.577. The summed E-state index contributed by atoms with van der Waals surface area (Å²) < 4.78 is 18.9. The lowest BCUT2D eigenvalue weighted by Gasteiger charge is -2.35. The van der Waals surface area contributed by atoms with Crippen molar-refractivity contribution in [1.29, 1.82) is 0 Å². The molecule has 0 saturated carbocycles. The first-order chi connectivity index (χ1) is 16.1. The molecule has 1 aromatic heterocycles. The van der Waals surface area contributed by atoms with E-state index in [1.54, 1.807) is 22.4 Å². The van der Waals surface area contributed by atoms with Crippen molar-refractivity contribution in [2.45, 2.75) is 45.6 Å². The van der Waals surface area contributed by atoms with E-state index in [9.17, 15) is 14.0 Å². The third-order valence-electron chi connectivity index (χ3n) is 5.73. The quantitative estimate of drug-likeness (QED) is 0.676. The minimum absolute atomic E-state index is 0.133. The number of carbonyl (C=O) groups is 2. The second-order valence-electron chi connectivity index (χ2n) is 9.39. The summed E-state index contributed by atoms with van der Waals surface area (Å²) in [4.78, 5) is 30.3. The number of hydrogen-bond acceptors (Lipinski definition) is 7. The van der Waals surface area contributed by atoms with Crippen molar-refractivity contribution >= 4 is 34.6 Å². The molecule has 0 radical (unpaired) electrons. The van der Waals surface area contributed by atoms with Gasteiger partial charge in [-0.15, -0.1) is 11.3 Å². The Morgan fingerprint density at radius 1 is 1.21 bits per heavy atom. The normalized spacial score (nSPS) is 17.3. The van der Waals surface area contributed by atoms with Crippen LogP contribution in [0.1, 0.15) is 61.1 Å². The monoisotopic (exact) mass is 485 g/mol. The molecule has 34 heavy (non-hydrogen) atoms. The number of piperidine rings is 1. The molecule has 2 amide bonds. The Balaban J connectivity index is 1.57. The maximum atomic E-state index is 13.4. The lowest BCUT2D eigenvalue weighted by atomic mass is 9.88. The van der Waals surface area contributed by atoms with Gasteiger partial charge in [0, 0.05) is 42.1 Å². The van der Waals surface area contributed by atoms with Crippen LogP contribution in [0.2, 0.25) is 0 Å². The zero-order valence-corrected chi connectivity index (χ0v) is 20.2. The van der Waals surface area contributed by atoms with Gasteiger partial charge in [0.2, 0.25) is 0 Å². The molecule has 0 bridgehead atoms. The van der Waals surface area contributed by atoms with Crippen LogP contribution in [-0.4, -0.2) is 46.3 Å². The number of ether oxygens (including phenoxy) is 1. The van der Waals surface area contributed by atoms with Crippen molar-refractivity contribution in [2.24, 2.45) is 16.8 Å². The molecule has 1 aromatic carbocycles. The standard InChI is InChI=1S/C24H28FN5O3S/c1-24(2,3)33-23(32)30-10-8-15(9-11-30)20-17(22-27-19(13-34-22)21(26)31)12-18(28-29-20)14-4-6-16(25)7-5-14/h4-7,13,15,29H,8-12H2,1-3H3,(H2,26,31). The first-order valence-electron chi connectivity index (χ1n) is 11.2. The predicted molar refractivity (Wildman–Crippen MR) is 129 cm³/mol. The number of hydrazone groups is 1. The summed E-state index contributed by atoms with van der Waals surface area (Å²) in [5.74, 6) is -0.757. The molecule has 8 nitrogen and oxygen atoms in total. The molecule has 0 aliphatic carbocycles. The van der Waals surface area contributed by atoms with E-state index in [4.69, 9.17) is 10.5 Å². The average Bonchev–Trinajstić information content (AvgIpc) is 3.29. The van der Waals surface area contributed by atoms with Crippen molar-refractivity contribution in [1.82, 2.24) is 15.3 Å². The van der Waals surface area contributed by atoms with Crippen molar-refractivity contribution in [3.63, 3.8) is 0 Å². The molecule has 0 unspecified atom stereocenters. The molecule has 10 heteroatoms. The van der Waals surface area contributed by atoms with E-state index in [1.807, 2.05) is 20.8 Å². The Morgan fingerprint density at radius 3 is 2.47 bits per heavy atom. The number of rotatable bonds is 4. The van der Waals surface area contributed by atoms with Gasteiger partial charge in [-0.2, -0.15) is 5.10 Å². The van der Waals surface area contributed by atoms with Gasteiger partial charge >= 0.3 is 6.09 Å². The number of benzene rings is 1. The van der Waals surface area contributed by atoms with Crippen LogP contribution in [0.4, 0.5) is 9.18 Å². The predicted octanol–water partition coefficient (Wildman–Crippen LogP) is 4.14. The zero-order valence-electron chi connectivity index (χ0n) is 19.4. The molecule has 2 aromatic rings.